The summed E-state index contributed by atoms with van der Waals surface area (Å²) in [4.78, 5) is 12.1. The summed E-state index contributed by atoms with van der Waals surface area (Å²) in [7, 11) is 1.49. The van der Waals surface area contributed by atoms with Crippen molar-refractivity contribution in [3.8, 4) is 5.75 Å². The Morgan fingerprint density at radius 3 is 2.90 bits per heavy atom. The number of para-hydroxylation sites is 1. The molecule has 0 bridgehead atoms. The van der Waals surface area contributed by atoms with Crippen LogP contribution in [0.5, 0.6) is 5.75 Å². The Bertz CT molecular complexity index is 631. The number of methoxy groups -OCH3 is 1. The van der Waals surface area contributed by atoms with Crippen molar-refractivity contribution in [2.45, 2.75) is 19.4 Å². The number of hydrogen-bond donors (Lipinski definition) is 3. The molecule has 1 aliphatic heterocycles. The van der Waals surface area contributed by atoms with Crippen LogP contribution in [0.4, 0.5) is 5.69 Å². The monoisotopic (exact) mass is 326 g/mol. The van der Waals surface area contributed by atoms with Gasteiger partial charge in [-0.1, -0.05) is 29.9 Å². The predicted octanol–water partition coefficient (Wildman–Crippen LogP) is 2.81. The lowest BCUT2D eigenvalue weighted by Gasteiger charge is -2.23. The maximum atomic E-state index is 12.0. The quantitative estimate of drug-likeness (QED) is 0.745. The van der Waals surface area contributed by atoms with Crippen LogP contribution in [0, 0.1) is 0 Å². The molecule has 5 nitrogen and oxygen atoms in total. The molecule has 3 N–H and O–H groups in total. The first-order valence-electron chi connectivity index (χ1n) is 6.31. The van der Waals surface area contributed by atoms with E-state index in [4.69, 9.17) is 28.6 Å². The molecule has 1 aromatic carbocycles. The van der Waals surface area contributed by atoms with Gasteiger partial charge in [-0.05, 0) is 19.1 Å². The zero-order chi connectivity index (χ0) is 15.6. The molecule has 0 saturated heterocycles. The minimum absolute atomic E-state index is 0.0234. The molecule has 0 saturated carbocycles. The number of anilines is 1. The molecular formula is C14H15ClN2O3S. The molecule has 7 heteroatoms. The van der Waals surface area contributed by atoms with Crippen LogP contribution in [0.15, 0.2) is 29.5 Å². The molecule has 1 atom stereocenters. The molecule has 2 rings (SSSR count). The van der Waals surface area contributed by atoms with Crippen molar-refractivity contribution in [3.05, 3.63) is 34.6 Å². The average molecular weight is 327 g/mol. The van der Waals surface area contributed by atoms with E-state index in [1.807, 2.05) is 0 Å². The Labute approximate surface area is 132 Å². The summed E-state index contributed by atoms with van der Waals surface area (Å²) in [5, 5.41) is 16.0. The molecular weight excluding hydrogens is 312 g/mol. The summed E-state index contributed by atoms with van der Waals surface area (Å²) in [6.45, 7) is 1.81. The summed E-state index contributed by atoms with van der Waals surface area (Å²) in [6, 6.07) is 5.01. The van der Waals surface area contributed by atoms with Crippen molar-refractivity contribution in [3.63, 3.8) is 0 Å². The molecule has 1 heterocycles. The van der Waals surface area contributed by atoms with E-state index in [-0.39, 0.29) is 22.4 Å². The van der Waals surface area contributed by atoms with Gasteiger partial charge in [-0.3, -0.25) is 4.79 Å². The lowest BCUT2D eigenvalue weighted by molar-refractivity contribution is -0.118. The smallest absolute Gasteiger partial charge is 0.257 e. The molecule has 1 aromatic rings. The average Bonchev–Trinajstić information content (AvgIpc) is 2.37. The lowest BCUT2D eigenvalue weighted by atomic mass is 10.0. The van der Waals surface area contributed by atoms with Crippen LogP contribution in [0.2, 0.25) is 5.02 Å². The lowest BCUT2D eigenvalue weighted by Crippen LogP contribution is -2.41. The van der Waals surface area contributed by atoms with Crippen LogP contribution in [-0.2, 0) is 4.79 Å². The molecule has 21 heavy (non-hydrogen) atoms. The highest BCUT2D eigenvalue weighted by Gasteiger charge is 2.27. The molecule has 0 aliphatic carbocycles. The Balaban J connectivity index is 2.29. The number of aliphatic hydroxyl groups excluding tert-OH is 1. The molecule has 0 radical (unpaired) electrons. The number of carbonyl (C=O) groups is 1. The SMILES string of the molecule is COc1c(Cl)cccc1NC(=S)C1=C(O)CC(C)NC1=O. The Morgan fingerprint density at radius 1 is 1.57 bits per heavy atom. The number of thiocarbonyl (C=S) groups is 1. The molecule has 1 unspecified atom stereocenters. The maximum Gasteiger partial charge on any atom is 0.257 e. The Kier molecular flexibility index (Phi) is 4.69. The topological polar surface area (TPSA) is 70.6 Å². The third kappa shape index (κ3) is 3.28. The number of ether oxygens (including phenoxy) is 1. The molecule has 1 aliphatic rings. The van der Waals surface area contributed by atoms with Gasteiger partial charge < -0.3 is 20.5 Å². The van der Waals surface area contributed by atoms with Crippen LogP contribution in [-0.4, -0.2) is 29.2 Å². The van der Waals surface area contributed by atoms with Crippen molar-refractivity contribution in [2.75, 3.05) is 12.4 Å². The highest BCUT2D eigenvalue weighted by molar-refractivity contribution is 7.81. The number of halogens is 1. The first-order valence-corrected chi connectivity index (χ1v) is 7.09. The molecule has 0 spiro atoms. The van der Waals surface area contributed by atoms with Gasteiger partial charge in [0.05, 0.1) is 17.8 Å². The minimum Gasteiger partial charge on any atom is -0.511 e. The van der Waals surface area contributed by atoms with Crippen LogP contribution in [0.3, 0.4) is 0 Å². The van der Waals surface area contributed by atoms with Crippen LogP contribution in [0.1, 0.15) is 13.3 Å². The third-order valence-corrected chi connectivity index (χ3v) is 3.64. The van der Waals surface area contributed by atoms with Gasteiger partial charge in [0.15, 0.2) is 5.75 Å². The van der Waals surface area contributed by atoms with Gasteiger partial charge in [0, 0.05) is 12.5 Å². The number of rotatable bonds is 3. The van der Waals surface area contributed by atoms with E-state index in [9.17, 15) is 9.90 Å². The van der Waals surface area contributed by atoms with Crippen molar-refractivity contribution >= 4 is 40.4 Å². The summed E-state index contributed by atoms with van der Waals surface area (Å²) < 4.78 is 5.20. The van der Waals surface area contributed by atoms with Gasteiger partial charge in [-0.15, -0.1) is 0 Å². The van der Waals surface area contributed by atoms with Crippen molar-refractivity contribution in [1.29, 1.82) is 0 Å². The number of benzene rings is 1. The fourth-order valence-corrected chi connectivity index (χ4v) is 2.68. The third-order valence-electron chi connectivity index (χ3n) is 3.04. The van der Waals surface area contributed by atoms with Gasteiger partial charge >= 0.3 is 0 Å². The van der Waals surface area contributed by atoms with Gasteiger partial charge in [0.25, 0.3) is 5.91 Å². The number of nitrogens with one attached hydrogen (secondary N) is 2. The number of carbonyl (C=O) groups excluding carboxylic acids is 1. The first-order chi connectivity index (χ1) is 9.93. The highest BCUT2D eigenvalue weighted by atomic mass is 35.5. The molecule has 112 valence electrons. The van der Waals surface area contributed by atoms with Crippen molar-refractivity contribution in [2.24, 2.45) is 0 Å². The standard InChI is InChI=1S/C14H15ClN2O3S/c1-7-6-10(18)11(13(19)16-7)14(21)17-9-5-3-4-8(15)12(9)20-2/h3-5,7,18H,6H2,1-2H3,(H,16,19)(H,17,21). The van der Waals surface area contributed by atoms with Crippen LogP contribution in [0.25, 0.3) is 0 Å². The van der Waals surface area contributed by atoms with E-state index >= 15 is 0 Å². The first kappa shape index (κ1) is 15.6. The predicted molar refractivity (Wildman–Crippen MR) is 86.1 cm³/mol. The minimum atomic E-state index is -0.398. The normalized spacial score (nSPS) is 18.2. The number of aliphatic hydroxyl groups is 1. The van der Waals surface area contributed by atoms with Gasteiger partial charge in [0.2, 0.25) is 0 Å². The second-order valence-electron chi connectivity index (χ2n) is 4.68. The van der Waals surface area contributed by atoms with Gasteiger partial charge in [-0.25, -0.2) is 0 Å². The van der Waals surface area contributed by atoms with E-state index in [0.29, 0.717) is 22.9 Å². The second kappa shape index (κ2) is 6.32. The van der Waals surface area contributed by atoms with Crippen molar-refractivity contribution < 1.29 is 14.6 Å². The van der Waals surface area contributed by atoms with Crippen LogP contribution >= 0.6 is 23.8 Å². The van der Waals surface area contributed by atoms with E-state index in [0.717, 1.165) is 0 Å². The number of hydrogen-bond acceptors (Lipinski definition) is 4. The summed E-state index contributed by atoms with van der Waals surface area (Å²) in [5.41, 5.74) is 0.604. The second-order valence-corrected chi connectivity index (χ2v) is 5.49. The highest BCUT2D eigenvalue weighted by Crippen LogP contribution is 2.33. The molecule has 1 amide bonds. The Hall–Kier alpha value is -1.79. The molecule has 0 fully saturated rings. The largest absolute Gasteiger partial charge is 0.511 e. The summed E-state index contributed by atoms with van der Waals surface area (Å²) in [5.74, 6) is 0.000631. The zero-order valence-electron chi connectivity index (χ0n) is 11.6. The van der Waals surface area contributed by atoms with Gasteiger partial charge in [-0.2, -0.15) is 0 Å². The zero-order valence-corrected chi connectivity index (χ0v) is 13.1. The summed E-state index contributed by atoms with van der Waals surface area (Å²) in [6.07, 6.45) is 0.343. The van der Waals surface area contributed by atoms with E-state index in [1.54, 1.807) is 25.1 Å². The van der Waals surface area contributed by atoms with Crippen LogP contribution < -0.4 is 15.4 Å². The van der Waals surface area contributed by atoms with E-state index in [2.05, 4.69) is 10.6 Å². The van der Waals surface area contributed by atoms with Crippen molar-refractivity contribution in [1.82, 2.24) is 5.32 Å². The maximum absolute atomic E-state index is 12.0. The fraction of sp³-hybridized carbons (Fsp3) is 0.286. The number of amides is 1. The van der Waals surface area contributed by atoms with E-state index < -0.39 is 5.91 Å². The van der Waals surface area contributed by atoms with Gasteiger partial charge in [0.1, 0.15) is 16.3 Å². The van der Waals surface area contributed by atoms with E-state index in [1.165, 1.54) is 7.11 Å². The summed E-state index contributed by atoms with van der Waals surface area (Å²) >= 11 is 11.2. The fourth-order valence-electron chi connectivity index (χ4n) is 2.10. The Morgan fingerprint density at radius 2 is 2.29 bits per heavy atom. The molecule has 0 aromatic heterocycles.